The summed E-state index contributed by atoms with van der Waals surface area (Å²) in [6, 6.07) is 10.1. The molecule has 5 heteroatoms. The Morgan fingerprint density at radius 3 is 2.57 bits per heavy atom. The van der Waals surface area contributed by atoms with Crippen molar-refractivity contribution in [3.05, 3.63) is 70.0 Å². The third kappa shape index (κ3) is 3.79. The van der Waals surface area contributed by atoms with Crippen molar-refractivity contribution >= 4 is 11.9 Å². The van der Waals surface area contributed by atoms with E-state index in [1.807, 2.05) is 19.1 Å². The van der Waals surface area contributed by atoms with E-state index in [1.165, 1.54) is 19.2 Å². The van der Waals surface area contributed by atoms with Crippen LogP contribution in [0, 0.1) is 18.7 Å². The highest BCUT2D eigenvalue weighted by atomic mass is 19.1. The van der Waals surface area contributed by atoms with Crippen molar-refractivity contribution in [3.63, 3.8) is 0 Å². The fraction of sp³-hybridized carbons (Fsp3) is 0.391. The summed E-state index contributed by atoms with van der Waals surface area (Å²) in [5.74, 6) is -0.793. The Morgan fingerprint density at radius 1 is 1.18 bits per heavy atom. The molecule has 0 aliphatic heterocycles. The number of ether oxygens (including phenoxy) is 1. The first kappa shape index (κ1) is 20.1. The molecule has 3 rings (SSSR count). The number of esters is 1. The molecule has 2 aromatic rings. The van der Waals surface area contributed by atoms with Gasteiger partial charge in [-0.2, -0.15) is 0 Å². The van der Waals surface area contributed by atoms with Gasteiger partial charge in [-0.1, -0.05) is 32.0 Å². The molecule has 0 saturated carbocycles. The van der Waals surface area contributed by atoms with Crippen LogP contribution in [0.25, 0.3) is 0 Å². The number of amides is 1. The SMILES string of the molecule is COC(=O)[C@]1(NC(=O)c2cccc(C)c2CC(C)C)Cc2ccc(F)cc2C1. The summed E-state index contributed by atoms with van der Waals surface area (Å²) in [4.78, 5) is 25.9. The number of hydrogen-bond donors (Lipinski definition) is 1. The van der Waals surface area contributed by atoms with Gasteiger partial charge in [-0.25, -0.2) is 9.18 Å². The molecule has 1 aliphatic carbocycles. The molecule has 0 radical (unpaired) electrons. The number of nitrogens with one attached hydrogen (secondary N) is 1. The molecule has 1 aliphatic rings. The molecule has 1 amide bonds. The summed E-state index contributed by atoms with van der Waals surface area (Å²) in [5.41, 5.74) is 2.94. The van der Waals surface area contributed by atoms with E-state index in [-0.39, 0.29) is 24.6 Å². The molecule has 2 aromatic carbocycles. The molecule has 0 heterocycles. The standard InChI is InChI=1S/C23H26FNO3/c1-14(2)10-20-15(3)6-5-7-19(20)21(26)25-23(22(27)28-4)12-16-8-9-18(24)11-17(16)13-23/h5-9,11,14H,10,12-13H2,1-4H3,(H,25,26)/t23-/m0/s1. The minimum atomic E-state index is -1.22. The third-order valence-electron chi connectivity index (χ3n) is 5.35. The number of rotatable bonds is 5. The van der Waals surface area contributed by atoms with Gasteiger partial charge in [0.25, 0.3) is 5.91 Å². The second kappa shape index (κ2) is 7.74. The van der Waals surface area contributed by atoms with Gasteiger partial charge in [0.15, 0.2) is 0 Å². The number of benzene rings is 2. The summed E-state index contributed by atoms with van der Waals surface area (Å²) in [6.07, 6.45) is 1.27. The monoisotopic (exact) mass is 383 g/mol. The molecule has 0 bridgehead atoms. The van der Waals surface area contributed by atoms with Crippen molar-refractivity contribution in [2.24, 2.45) is 5.92 Å². The minimum Gasteiger partial charge on any atom is -0.467 e. The van der Waals surface area contributed by atoms with Crippen molar-refractivity contribution in [1.29, 1.82) is 0 Å². The fourth-order valence-corrected chi connectivity index (χ4v) is 4.00. The maximum Gasteiger partial charge on any atom is 0.332 e. The largest absolute Gasteiger partial charge is 0.467 e. The lowest BCUT2D eigenvalue weighted by molar-refractivity contribution is -0.147. The molecular formula is C23H26FNO3. The average molecular weight is 383 g/mol. The quantitative estimate of drug-likeness (QED) is 0.800. The van der Waals surface area contributed by atoms with Crippen molar-refractivity contribution < 1.29 is 18.7 Å². The number of halogens is 1. The van der Waals surface area contributed by atoms with Crippen LogP contribution in [0.1, 0.15) is 46.5 Å². The maximum absolute atomic E-state index is 13.6. The molecule has 0 aromatic heterocycles. The van der Waals surface area contributed by atoms with Crippen molar-refractivity contribution in [2.45, 2.75) is 45.6 Å². The van der Waals surface area contributed by atoms with Crippen molar-refractivity contribution in [1.82, 2.24) is 5.32 Å². The summed E-state index contributed by atoms with van der Waals surface area (Å²) in [5, 5.41) is 2.93. The lowest BCUT2D eigenvalue weighted by Crippen LogP contribution is -2.56. The zero-order valence-electron chi connectivity index (χ0n) is 16.8. The lowest BCUT2D eigenvalue weighted by Gasteiger charge is -2.28. The predicted octanol–water partition coefficient (Wildman–Crippen LogP) is 3.77. The van der Waals surface area contributed by atoms with E-state index in [0.29, 0.717) is 11.5 Å². The molecule has 148 valence electrons. The van der Waals surface area contributed by atoms with E-state index in [1.54, 1.807) is 12.1 Å². The van der Waals surface area contributed by atoms with E-state index < -0.39 is 11.5 Å². The molecule has 0 fully saturated rings. The van der Waals surface area contributed by atoms with Gasteiger partial charge >= 0.3 is 5.97 Å². The number of carbonyl (C=O) groups is 2. The predicted molar refractivity (Wildman–Crippen MR) is 106 cm³/mol. The number of fused-ring (bicyclic) bond motifs is 1. The van der Waals surface area contributed by atoms with Gasteiger partial charge < -0.3 is 10.1 Å². The van der Waals surface area contributed by atoms with E-state index in [4.69, 9.17) is 4.74 Å². The topological polar surface area (TPSA) is 55.4 Å². The Balaban J connectivity index is 1.95. The van der Waals surface area contributed by atoms with Gasteiger partial charge in [-0.05, 0) is 59.7 Å². The first-order chi connectivity index (χ1) is 13.3. The van der Waals surface area contributed by atoms with Crippen LogP contribution in [0.2, 0.25) is 0 Å². The lowest BCUT2D eigenvalue weighted by atomic mass is 9.91. The third-order valence-corrected chi connectivity index (χ3v) is 5.35. The van der Waals surface area contributed by atoms with E-state index in [9.17, 15) is 14.0 Å². The Kier molecular flexibility index (Phi) is 5.54. The maximum atomic E-state index is 13.6. The van der Waals surface area contributed by atoms with Crippen LogP contribution in [-0.4, -0.2) is 24.5 Å². The summed E-state index contributed by atoms with van der Waals surface area (Å²) in [7, 11) is 1.30. The van der Waals surface area contributed by atoms with Crippen LogP contribution >= 0.6 is 0 Å². The van der Waals surface area contributed by atoms with Gasteiger partial charge in [0, 0.05) is 18.4 Å². The fourth-order valence-electron chi connectivity index (χ4n) is 4.00. The zero-order valence-corrected chi connectivity index (χ0v) is 16.8. The molecule has 1 atom stereocenters. The van der Waals surface area contributed by atoms with Crippen LogP contribution in [-0.2, 0) is 28.8 Å². The van der Waals surface area contributed by atoms with Crippen LogP contribution < -0.4 is 5.32 Å². The van der Waals surface area contributed by atoms with Crippen LogP contribution in [0.3, 0.4) is 0 Å². The first-order valence-electron chi connectivity index (χ1n) is 9.52. The second-order valence-corrected chi connectivity index (χ2v) is 7.99. The zero-order chi connectivity index (χ0) is 20.5. The second-order valence-electron chi connectivity index (χ2n) is 7.99. The van der Waals surface area contributed by atoms with Crippen molar-refractivity contribution in [2.75, 3.05) is 7.11 Å². The Hall–Kier alpha value is -2.69. The average Bonchev–Trinajstić information content (AvgIpc) is 3.00. The Labute approximate surface area is 165 Å². The number of methoxy groups -OCH3 is 1. The molecule has 0 saturated heterocycles. The molecule has 0 unspecified atom stereocenters. The van der Waals surface area contributed by atoms with E-state index in [0.717, 1.165) is 28.7 Å². The molecule has 4 nitrogen and oxygen atoms in total. The van der Waals surface area contributed by atoms with Gasteiger partial charge in [0.2, 0.25) is 0 Å². The van der Waals surface area contributed by atoms with E-state index >= 15 is 0 Å². The Morgan fingerprint density at radius 2 is 1.89 bits per heavy atom. The van der Waals surface area contributed by atoms with Crippen LogP contribution in [0.5, 0.6) is 0 Å². The first-order valence-corrected chi connectivity index (χ1v) is 9.52. The van der Waals surface area contributed by atoms with Gasteiger partial charge in [0.1, 0.15) is 11.4 Å². The summed E-state index contributed by atoms with van der Waals surface area (Å²) in [6.45, 7) is 6.19. The molecular weight excluding hydrogens is 357 g/mol. The Bertz CT molecular complexity index is 922. The summed E-state index contributed by atoms with van der Waals surface area (Å²) < 4.78 is 18.6. The molecule has 28 heavy (non-hydrogen) atoms. The summed E-state index contributed by atoms with van der Waals surface area (Å²) >= 11 is 0. The number of hydrogen-bond acceptors (Lipinski definition) is 3. The van der Waals surface area contributed by atoms with Gasteiger partial charge in [-0.15, -0.1) is 0 Å². The number of aryl methyl sites for hydroxylation is 1. The van der Waals surface area contributed by atoms with Gasteiger partial charge in [0.05, 0.1) is 7.11 Å². The van der Waals surface area contributed by atoms with Crippen molar-refractivity contribution in [3.8, 4) is 0 Å². The molecule has 0 spiro atoms. The van der Waals surface area contributed by atoms with E-state index in [2.05, 4.69) is 19.2 Å². The number of carbonyl (C=O) groups excluding carboxylic acids is 2. The normalized spacial score (nSPS) is 18.1. The van der Waals surface area contributed by atoms with Crippen LogP contribution in [0.4, 0.5) is 4.39 Å². The smallest absolute Gasteiger partial charge is 0.332 e. The minimum absolute atomic E-state index is 0.212. The van der Waals surface area contributed by atoms with Crippen LogP contribution in [0.15, 0.2) is 36.4 Å². The highest BCUT2D eigenvalue weighted by molar-refractivity contribution is 6.00. The highest BCUT2D eigenvalue weighted by Crippen LogP contribution is 2.32. The van der Waals surface area contributed by atoms with Gasteiger partial charge in [-0.3, -0.25) is 4.79 Å². The molecule has 1 N–H and O–H groups in total. The highest BCUT2D eigenvalue weighted by Gasteiger charge is 2.46.